The van der Waals surface area contributed by atoms with Crippen LogP contribution in [0.25, 0.3) is 28.5 Å². The van der Waals surface area contributed by atoms with Gasteiger partial charge in [0.25, 0.3) is 11.4 Å². The summed E-state index contributed by atoms with van der Waals surface area (Å²) in [6, 6.07) is 4.68. The Hall–Kier alpha value is -3.40. The molecule has 4 aromatic rings. The number of H-pyrrole nitrogens is 1. The molecule has 0 unspecified atom stereocenters. The van der Waals surface area contributed by atoms with E-state index in [0.717, 1.165) is 43.8 Å². The fourth-order valence-electron chi connectivity index (χ4n) is 3.69. The third-order valence-corrected chi connectivity index (χ3v) is 5.12. The van der Waals surface area contributed by atoms with Gasteiger partial charge in [-0.1, -0.05) is 5.16 Å². The number of aromatic nitrogens is 5. The lowest BCUT2D eigenvalue weighted by Crippen LogP contribution is -2.28. The van der Waals surface area contributed by atoms with Crippen molar-refractivity contribution in [2.24, 2.45) is 0 Å². The fourth-order valence-corrected chi connectivity index (χ4v) is 3.69. The van der Waals surface area contributed by atoms with E-state index < -0.39 is 11.6 Å². The Labute approximate surface area is 162 Å². The second-order valence-corrected chi connectivity index (χ2v) is 6.95. The van der Waals surface area contributed by atoms with Gasteiger partial charge in [0.05, 0.1) is 17.5 Å². The minimum atomic E-state index is -0.793. The predicted octanol–water partition coefficient (Wildman–Crippen LogP) is 2.48. The number of hydrogen-bond donors (Lipinski definition) is 2. The van der Waals surface area contributed by atoms with Crippen LogP contribution in [0.3, 0.4) is 0 Å². The SMILES string of the molecule is O=c1cc(C2CCNCC2)n2ncc(-c3nc(-c4ccc(F)cc4F)no3)c2[nH]1. The standard InChI is InChI=1S/C19H16F2N6O2/c20-11-1-2-12(14(21)7-11)17-25-19(29-26-17)13-9-23-27-15(8-16(28)24-18(13)27)10-3-5-22-6-4-10/h1-2,7-10,22H,3-6H2,(H,24,28). The van der Waals surface area contributed by atoms with Crippen LogP contribution in [-0.2, 0) is 0 Å². The molecule has 0 radical (unpaired) electrons. The van der Waals surface area contributed by atoms with Crippen molar-refractivity contribution in [1.29, 1.82) is 0 Å². The van der Waals surface area contributed by atoms with Gasteiger partial charge in [-0.25, -0.2) is 13.3 Å². The Morgan fingerprint density at radius 1 is 1.14 bits per heavy atom. The van der Waals surface area contributed by atoms with Crippen molar-refractivity contribution in [2.75, 3.05) is 13.1 Å². The molecule has 0 spiro atoms. The quantitative estimate of drug-likeness (QED) is 0.550. The molecule has 1 saturated heterocycles. The summed E-state index contributed by atoms with van der Waals surface area (Å²) in [6.07, 6.45) is 3.33. The average Bonchev–Trinajstić information content (AvgIpc) is 3.35. The van der Waals surface area contributed by atoms with E-state index in [9.17, 15) is 13.6 Å². The molecule has 1 fully saturated rings. The molecule has 4 heterocycles. The minimum Gasteiger partial charge on any atom is -0.333 e. The first-order chi connectivity index (χ1) is 14.1. The van der Waals surface area contributed by atoms with Crippen LogP contribution in [0, 0.1) is 11.6 Å². The first-order valence-electron chi connectivity index (χ1n) is 9.21. The molecule has 148 valence electrons. The van der Waals surface area contributed by atoms with E-state index in [2.05, 4.69) is 25.5 Å². The average molecular weight is 398 g/mol. The Kier molecular flexibility index (Phi) is 4.20. The molecule has 2 N–H and O–H groups in total. The van der Waals surface area contributed by atoms with E-state index in [1.807, 2.05) is 0 Å². The molecule has 1 aromatic carbocycles. The van der Waals surface area contributed by atoms with Gasteiger partial charge in [-0.2, -0.15) is 10.1 Å². The molecule has 0 amide bonds. The lowest BCUT2D eigenvalue weighted by molar-refractivity contribution is 0.432. The van der Waals surface area contributed by atoms with Crippen LogP contribution >= 0.6 is 0 Å². The first-order valence-corrected chi connectivity index (χ1v) is 9.21. The summed E-state index contributed by atoms with van der Waals surface area (Å²) < 4.78 is 34.1. The lowest BCUT2D eigenvalue weighted by Gasteiger charge is -2.23. The summed E-state index contributed by atoms with van der Waals surface area (Å²) in [4.78, 5) is 19.2. The van der Waals surface area contributed by atoms with Crippen LogP contribution in [0.15, 0.2) is 39.8 Å². The van der Waals surface area contributed by atoms with Crippen LogP contribution in [0.1, 0.15) is 24.5 Å². The van der Waals surface area contributed by atoms with Gasteiger partial charge < -0.3 is 14.8 Å². The van der Waals surface area contributed by atoms with Gasteiger partial charge in [-0.05, 0) is 38.1 Å². The Bertz CT molecular complexity index is 1260. The zero-order valence-corrected chi connectivity index (χ0v) is 15.2. The predicted molar refractivity (Wildman–Crippen MR) is 99.3 cm³/mol. The monoisotopic (exact) mass is 398 g/mol. The highest BCUT2D eigenvalue weighted by molar-refractivity contribution is 5.72. The van der Waals surface area contributed by atoms with E-state index in [4.69, 9.17) is 4.52 Å². The molecule has 0 saturated carbocycles. The lowest BCUT2D eigenvalue weighted by atomic mass is 9.94. The number of nitrogens with one attached hydrogen (secondary N) is 2. The molecule has 29 heavy (non-hydrogen) atoms. The highest BCUT2D eigenvalue weighted by Gasteiger charge is 2.23. The minimum absolute atomic E-state index is 0.0155. The number of aromatic amines is 1. The summed E-state index contributed by atoms with van der Waals surface area (Å²) in [5, 5.41) is 11.5. The van der Waals surface area contributed by atoms with Gasteiger partial charge in [0.2, 0.25) is 5.82 Å². The van der Waals surface area contributed by atoms with Gasteiger partial charge in [0.15, 0.2) is 0 Å². The van der Waals surface area contributed by atoms with Crippen LogP contribution in [0.4, 0.5) is 8.78 Å². The van der Waals surface area contributed by atoms with Gasteiger partial charge in [-0.3, -0.25) is 4.79 Å². The molecular formula is C19H16F2N6O2. The summed E-state index contributed by atoms with van der Waals surface area (Å²) in [5.74, 6) is -1.22. The highest BCUT2D eigenvalue weighted by atomic mass is 19.1. The number of nitrogens with zero attached hydrogens (tertiary/aromatic N) is 4. The van der Waals surface area contributed by atoms with Gasteiger partial charge in [0, 0.05) is 18.1 Å². The molecule has 0 aliphatic carbocycles. The largest absolute Gasteiger partial charge is 0.333 e. The van der Waals surface area contributed by atoms with Gasteiger partial charge in [-0.15, -0.1) is 0 Å². The number of fused-ring (bicyclic) bond motifs is 1. The Balaban J connectivity index is 1.59. The second-order valence-electron chi connectivity index (χ2n) is 6.95. The number of halogens is 2. The molecule has 0 bridgehead atoms. The fraction of sp³-hybridized carbons (Fsp3) is 0.263. The van der Waals surface area contributed by atoms with Gasteiger partial charge in [0.1, 0.15) is 22.8 Å². The van der Waals surface area contributed by atoms with E-state index in [-0.39, 0.29) is 28.8 Å². The van der Waals surface area contributed by atoms with Crippen molar-refractivity contribution in [2.45, 2.75) is 18.8 Å². The van der Waals surface area contributed by atoms with Crippen molar-refractivity contribution < 1.29 is 13.3 Å². The van der Waals surface area contributed by atoms with Crippen LogP contribution in [0.2, 0.25) is 0 Å². The number of rotatable bonds is 3. The summed E-state index contributed by atoms with van der Waals surface area (Å²) in [6.45, 7) is 1.76. The number of piperidine rings is 1. The van der Waals surface area contributed by atoms with Crippen molar-refractivity contribution in [3.63, 3.8) is 0 Å². The first kappa shape index (κ1) is 17.7. The van der Waals surface area contributed by atoms with Crippen LogP contribution in [-0.4, -0.2) is 37.8 Å². The molecule has 1 aliphatic rings. The maximum Gasteiger partial charge on any atom is 0.263 e. The molecule has 3 aromatic heterocycles. The normalized spacial score (nSPS) is 15.2. The zero-order valence-electron chi connectivity index (χ0n) is 15.2. The van der Waals surface area contributed by atoms with E-state index >= 15 is 0 Å². The van der Waals surface area contributed by atoms with Crippen molar-refractivity contribution in [3.05, 3.63) is 58.1 Å². The highest BCUT2D eigenvalue weighted by Crippen LogP contribution is 2.29. The molecule has 1 aliphatic heterocycles. The van der Waals surface area contributed by atoms with Gasteiger partial charge >= 0.3 is 0 Å². The van der Waals surface area contributed by atoms with Crippen LogP contribution < -0.4 is 10.9 Å². The maximum atomic E-state index is 14.0. The Morgan fingerprint density at radius 2 is 1.97 bits per heavy atom. The number of benzene rings is 1. The summed E-state index contributed by atoms with van der Waals surface area (Å²) >= 11 is 0. The van der Waals surface area contributed by atoms with E-state index in [1.54, 1.807) is 10.6 Å². The Morgan fingerprint density at radius 3 is 2.76 bits per heavy atom. The molecule has 8 nitrogen and oxygen atoms in total. The van der Waals surface area contributed by atoms with E-state index in [0.29, 0.717) is 11.2 Å². The summed E-state index contributed by atoms with van der Waals surface area (Å²) in [5.41, 5.74) is 1.44. The van der Waals surface area contributed by atoms with E-state index in [1.165, 1.54) is 12.3 Å². The van der Waals surface area contributed by atoms with Crippen molar-refractivity contribution in [1.82, 2.24) is 30.1 Å². The third kappa shape index (κ3) is 3.11. The maximum absolute atomic E-state index is 14.0. The zero-order chi connectivity index (χ0) is 20.0. The molecular weight excluding hydrogens is 382 g/mol. The summed E-state index contributed by atoms with van der Waals surface area (Å²) in [7, 11) is 0. The molecule has 10 heteroatoms. The molecule has 5 rings (SSSR count). The topological polar surface area (TPSA) is 101 Å². The number of hydrogen-bond acceptors (Lipinski definition) is 6. The smallest absolute Gasteiger partial charge is 0.263 e. The molecule has 0 atom stereocenters. The third-order valence-electron chi connectivity index (χ3n) is 5.12. The van der Waals surface area contributed by atoms with Crippen molar-refractivity contribution in [3.8, 4) is 22.8 Å². The van der Waals surface area contributed by atoms with Crippen LogP contribution in [0.5, 0.6) is 0 Å². The second kappa shape index (κ2) is 6.89. The van der Waals surface area contributed by atoms with Crippen molar-refractivity contribution >= 4 is 5.65 Å².